The van der Waals surface area contributed by atoms with Gasteiger partial charge in [-0.05, 0) is 62.4 Å². The van der Waals surface area contributed by atoms with Crippen LogP contribution in [-0.2, 0) is 0 Å². The molecule has 0 aliphatic rings. The summed E-state index contributed by atoms with van der Waals surface area (Å²) < 4.78 is 0. The molecule has 0 aliphatic heterocycles. The Morgan fingerprint density at radius 1 is 0.407 bits per heavy atom. The van der Waals surface area contributed by atoms with E-state index in [0.29, 0.717) is 0 Å². The second kappa shape index (κ2) is 6.41. The van der Waals surface area contributed by atoms with Gasteiger partial charge in [0.1, 0.15) is 0 Å². The van der Waals surface area contributed by atoms with E-state index in [1.165, 1.54) is 49.4 Å². The fourth-order valence-corrected chi connectivity index (χ4v) is 4.11. The molecule has 27 heavy (non-hydrogen) atoms. The van der Waals surface area contributed by atoms with E-state index in [1.807, 2.05) is 0 Å². The summed E-state index contributed by atoms with van der Waals surface area (Å²) in [5.74, 6) is 0. The zero-order chi connectivity index (χ0) is 18.2. The highest BCUT2D eigenvalue weighted by molar-refractivity contribution is 6.14. The van der Waals surface area contributed by atoms with Crippen molar-refractivity contribution in [2.24, 2.45) is 0 Å². The SMILES string of the molecule is Cc1ccccc1-c1ccccc1-c1cc2ccccc2c2ccccc12. The van der Waals surface area contributed by atoms with E-state index >= 15 is 0 Å². The molecule has 0 amide bonds. The van der Waals surface area contributed by atoms with E-state index < -0.39 is 0 Å². The zero-order valence-electron chi connectivity index (χ0n) is 15.3. The summed E-state index contributed by atoms with van der Waals surface area (Å²) in [6, 6.07) is 37.1. The maximum absolute atomic E-state index is 2.34. The van der Waals surface area contributed by atoms with E-state index in [1.54, 1.807) is 0 Å². The van der Waals surface area contributed by atoms with Crippen molar-refractivity contribution in [3.8, 4) is 22.3 Å². The molecule has 0 spiro atoms. The Kier molecular flexibility index (Phi) is 3.76. The van der Waals surface area contributed by atoms with Gasteiger partial charge < -0.3 is 0 Å². The van der Waals surface area contributed by atoms with Gasteiger partial charge in [0, 0.05) is 0 Å². The minimum atomic E-state index is 1.28. The van der Waals surface area contributed by atoms with Crippen LogP contribution in [0.3, 0.4) is 0 Å². The zero-order valence-corrected chi connectivity index (χ0v) is 15.3. The van der Waals surface area contributed by atoms with E-state index in [2.05, 4.69) is 110 Å². The summed E-state index contributed by atoms with van der Waals surface area (Å²) >= 11 is 0. The van der Waals surface area contributed by atoms with E-state index in [4.69, 9.17) is 0 Å². The maximum Gasteiger partial charge on any atom is -0.00928 e. The summed E-state index contributed by atoms with van der Waals surface area (Å²) in [4.78, 5) is 0. The number of hydrogen-bond donors (Lipinski definition) is 0. The van der Waals surface area contributed by atoms with Crippen LogP contribution in [0.2, 0.25) is 0 Å². The van der Waals surface area contributed by atoms with Gasteiger partial charge in [0.05, 0.1) is 0 Å². The van der Waals surface area contributed by atoms with Crippen molar-refractivity contribution in [1.29, 1.82) is 0 Å². The molecule has 0 saturated heterocycles. The number of rotatable bonds is 2. The molecule has 0 fully saturated rings. The quantitative estimate of drug-likeness (QED) is 0.289. The molecule has 0 atom stereocenters. The van der Waals surface area contributed by atoms with Crippen molar-refractivity contribution in [2.45, 2.75) is 6.92 Å². The fourth-order valence-electron chi connectivity index (χ4n) is 4.11. The largest absolute Gasteiger partial charge is 0.0620 e. The Labute approximate surface area is 159 Å². The Balaban J connectivity index is 1.89. The summed E-state index contributed by atoms with van der Waals surface area (Å²) in [5, 5.41) is 5.21. The van der Waals surface area contributed by atoms with E-state index in [9.17, 15) is 0 Å². The lowest BCUT2D eigenvalue weighted by atomic mass is 9.88. The molecule has 0 saturated carbocycles. The smallest absolute Gasteiger partial charge is 0.00928 e. The van der Waals surface area contributed by atoms with Crippen LogP contribution in [0.1, 0.15) is 5.56 Å². The lowest BCUT2D eigenvalue weighted by Gasteiger charge is -2.16. The molecule has 5 aromatic carbocycles. The third kappa shape index (κ3) is 2.62. The molecular weight excluding hydrogens is 324 g/mol. The van der Waals surface area contributed by atoms with Crippen LogP contribution in [0, 0.1) is 6.92 Å². The van der Waals surface area contributed by atoms with Crippen LogP contribution in [0.25, 0.3) is 43.8 Å². The molecule has 5 rings (SSSR count). The van der Waals surface area contributed by atoms with Crippen LogP contribution < -0.4 is 0 Å². The normalized spacial score (nSPS) is 11.1. The molecular formula is C27H20. The third-order valence-corrected chi connectivity index (χ3v) is 5.42. The number of fused-ring (bicyclic) bond motifs is 3. The van der Waals surface area contributed by atoms with Crippen molar-refractivity contribution >= 4 is 21.5 Å². The first-order valence-electron chi connectivity index (χ1n) is 9.39. The molecule has 0 N–H and O–H groups in total. The van der Waals surface area contributed by atoms with Gasteiger partial charge in [0.25, 0.3) is 0 Å². The van der Waals surface area contributed by atoms with Gasteiger partial charge >= 0.3 is 0 Å². The highest BCUT2D eigenvalue weighted by Crippen LogP contribution is 2.39. The minimum absolute atomic E-state index is 1.28. The molecule has 5 aromatic rings. The Morgan fingerprint density at radius 2 is 0.926 bits per heavy atom. The van der Waals surface area contributed by atoms with Gasteiger partial charge in [0.15, 0.2) is 0 Å². The molecule has 0 aliphatic carbocycles. The van der Waals surface area contributed by atoms with Crippen molar-refractivity contribution in [3.63, 3.8) is 0 Å². The summed E-state index contributed by atoms with van der Waals surface area (Å²) in [6.07, 6.45) is 0. The fraction of sp³-hybridized carbons (Fsp3) is 0.0370. The molecule has 0 heterocycles. The van der Waals surface area contributed by atoms with Crippen molar-refractivity contribution in [3.05, 3.63) is 109 Å². The topological polar surface area (TPSA) is 0 Å². The average molecular weight is 344 g/mol. The van der Waals surface area contributed by atoms with Gasteiger partial charge in [-0.25, -0.2) is 0 Å². The van der Waals surface area contributed by atoms with E-state index in [0.717, 1.165) is 0 Å². The molecule has 0 unspecified atom stereocenters. The first-order valence-corrected chi connectivity index (χ1v) is 9.39. The molecule has 0 radical (unpaired) electrons. The van der Waals surface area contributed by atoms with Gasteiger partial charge in [-0.15, -0.1) is 0 Å². The third-order valence-electron chi connectivity index (χ3n) is 5.42. The van der Waals surface area contributed by atoms with Crippen LogP contribution in [-0.4, -0.2) is 0 Å². The molecule has 0 heteroatoms. The number of aryl methyl sites for hydroxylation is 1. The van der Waals surface area contributed by atoms with Crippen LogP contribution >= 0.6 is 0 Å². The van der Waals surface area contributed by atoms with Gasteiger partial charge in [0.2, 0.25) is 0 Å². The standard InChI is InChI=1S/C27H20/c1-19-10-2-4-12-21(19)23-14-6-8-16-25(23)27-18-20-11-3-5-13-22(20)24-15-7-9-17-26(24)27/h2-18H,1H3. The summed E-state index contributed by atoms with van der Waals surface area (Å²) in [7, 11) is 0. The number of benzene rings is 5. The number of hydrogen-bond acceptors (Lipinski definition) is 0. The van der Waals surface area contributed by atoms with Crippen molar-refractivity contribution in [2.75, 3.05) is 0 Å². The first-order chi connectivity index (χ1) is 13.3. The Morgan fingerprint density at radius 3 is 1.67 bits per heavy atom. The lowest BCUT2D eigenvalue weighted by molar-refractivity contribution is 1.46. The lowest BCUT2D eigenvalue weighted by Crippen LogP contribution is -1.90. The van der Waals surface area contributed by atoms with Crippen molar-refractivity contribution < 1.29 is 0 Å². The first kappa shape index (κ1) is 15.8. The van der Waals surface area contributed by atoms with E-state index in [-0.39, 0.29) is 0 Å². The van der Waals surface area contributed by atoms with Gasteiger partial charge in [-0.1, -0.05) is 97.1 Å². The van der Waals surface area contributed by atoms with Crippen molar-refractivity contribution in [1.82, 2.24) is 0 Å². The Bertz CT molecular complexity index is 1280. The molecule has 0 aromatic heterocycles. The predicted octanol–water partition coefficient (Wildman–Crippen LogP) is 7.64. The van der Waals surface area contributed by atoms with Gasteiger partial charge in [-0.3, -0.25) is 0 Å². The maximum atomic E-state index is 2.34. The Hall–Kier alpha value is -3.38. The summed E-state index contributed by atoms with van der Waals surface area (Å²) in [6.45, 7) is 2.19. The highest BCUT2D eigenvalue weighted by atomic mass is 14.2. The molecule has 0 bridgehead atoms. The molecule has 128 valence electrons. The van der Waals surface area contributed by atoms with Gasteiger partial charge in [-0.2, -0.15) is 0 Å². The average Bonchev–Trinajstić information content (AvgIpc) is 2.74. The highest BCUT2D eigenvalue weighted by Gasteiger charge is 2.13. The van der Waals surface area contributed by atoms with Crippen LogP contribution in [0.4, 0.5) is 0 Å². The molecule has 0 nitrogen and oxygen atoms in total. The second-order valence-electron chi connectivity index (χ2n) is 7.05. The van der Waals surface area contributed by atoms with Crippen LogP contribution in [0.15, 0.2) is 103 Å². The predicted molar refractivity (Wildman–Crippen MR) is 117 cm³/mol. The monoisotopic (exact) mass is 344 g/mol. The minimum Gasteiger partial charge on any atom is -0.0620 e. The van der Waals surface area contributed by atoms with Crippen LogP contribution in [0.5, 0.6) is 0 Å². The second-order valence-corrected chi connectivity index (χ2v) is 7.05. The summed E-state index contributed by atoms with van der Waals surface area (Å²) in [5.41, 5.74) is 6.47.